The first-order chi connectivity index (χ1) is 18.7. The molecule has 5 aromatic rings. The second kappa shape index (κ2) is 16.3. The zero-order valence-corrected chi connectivity index (χ0v) is 27.2. The average molecular weight is 632 g/mol. The van der Waals surface area contributed by atoms with Gasteiger partial charge in [0, 0.05) is 26.2 Å². The first kappa shape index (κ1) is 34.8. The van der Waals surface area contributed by atoms with Gasteiger partial charge >= 0.3 is 18.6 Å². The molecule has 7 nitrogen and oxygen atoms in total. The minimum atomic E-state index is 0. The molecule has 3 aromatic heterocycles. The molecule has 0 amide bonds. The summed E-state index contributed by atoms with van der Waals surface area (Å²) in [4.78, 5) is 20.1. The number of fused-ring (bicyclic) bond motifs is 2. The molecule has 5 rings (SSSR count). The smallest absolute Gasteiger partial charge is 1.00 e. The molecule has 41 heavy (non-hydrogen) atoms. The van der Waals surface area contributed by atoms with Gasteiger partial charge in [0.15, 0.2) is 11.6 Å². The summed E-state index contributed by atoms with van der Waals surface area (Å²) in [7, 11) is 0. The van der Waals surface area contributed by atoms with Crippen LogP contribution in [0.25, 0.3) is 45.1 Å². The Morgan fingerprint density at radius 3 is 1.32 bits per heavy atom. The summed E-state index contributed by atoms with van der Waals surface area (Å²) in [6.07, 6.45) is 0. The van der Waals surface area contributed by atoms with E-state index in [1.165, 1.54) is 0 Å². The number of para-hydroxylation sites is 4. The average Bonchev–Trinajstić information content (AvgIpc) is 3.53. The van der Waals surface area contributed by atoms with Gasteiger partial charge in [-0.05, 0) is 62.6 Å². The fourth-order valence-electron chi connectivity index (χ4n) is 5.24. The van der Waals surface area contributed by atoms with Gasteiger partial charge in [0.2, 0.25) is 0 Å². The van der Waals surface area contributed by atoms with Crippen molar-refractivity contribution in [3.8, 4) is 23.0 Å². The molecule has 0 aliphatic carbocycles. The van der Waals surface area contributed by atoms with E-state index in [4.69, 9.17) is 15.0 Å². The van der Waals surface area contributed by atoms with Crippen molar-refractivity contribution in [2.24, 2.45) is 0 Å². The summed E-state index contributed by atoms with van der Waals surface area (Å²) in [5.41, 5.74) is 6.05. The summed E-state index contributed by atoms with van der Waals surface area (Å²) in [5.74, 6) is 1.82. The minimum Gasteiger partial charge on any atom is -1.00 e. The summed E-state index contributed by atoms with van der Waals surface area (Å²) in [6.45, 7) is 16.7. The number of aromatic nitrogens is 5. The van der Waals surface area contributed by atoms with Crippen molar-refractivity contribution in [3.05, 3.63) is 66.7 Å². The molecule has 0 N–H and O–H groups in total. The maximum Gasteiger partial charge on any atom is 2.00 e. The van der Waals surface area contributed by atoms with E-state index < -0.39 is 0 Å². The molecular formula is C31H39Cl2N7V. The Hall–Kier alpha value is -2.39. The van der Waals surface area contributed by atoms with Gasteiger partial charge in [-0.15, -0.1) is 0 Å². The molecule has 0 unspecified atom stereocenters. The van der Waals surface area contributed by atoms with Crippen molar-refractivity contribution < 1.29 is 43.4 Å². The Balaban J connectivity index is 0.00000196. The fourth-order valence-corrected chi connectivity index (χ4v) is 5.24. The van der Waals surface area contributed by atoms with Crippen LogP contribution in [0.5, 0.6) is 0 Å². The SMILES string of the molecule is CCN(CC)CCn1c(-c2cccc(-c3nc4ccccc4n3CCN(CC)CC)n2)nc2ccccc21.[Cl-].[Cl-].[V+2]. The summed E-state index contributed by atoms with van der Waals surface area (Å²) in [6, 6.07) is 23.0. The second-order valence-electron chi connectivity index (χ2n) is 9.61. The van der Waals surface area contributed by atoms with E-state index in [-0.39, 0.29) is 43.4 Å². The largest absolute Gasteiger partial charge is 2.00 e. The van der Waals surface area contributed by atoms with Crippen molar-refractivity contribution >= 4 is 22.1 Å². The number of imidazole rings is 2. The fraction of sp³-hybridized carbons (Fsp3) is 0.387. The van der Waals surface area contributed by atoms with E-state index in [2.05, 4.69) is 113 Å². The van der Waals surface area contributed by atoms with Crippen molar-refractivity contribution in [1.82, 2.24) is 33.9 Å². The van der Waals surface area contributed by atoms with Gasteiger partial charge in [0.05, 0.1) is 22.1 Å². The zero-order chi connectivity index (χ0) is 26.5. The number of rotatable bonds is 12. The van der Waals surface area contributed by atoms with Gasteiger partial charge < -0.3 is 43.7 Å². The number of hydrogen-bond donors (Lipinski definition) is 0. The van der Waals surface area contributed by atoms with Gasteiger partial charge in [0.25, 0.3) is 0 Å². The Labute approximate surface area is 268 Å². The number of likely N-dealkylation sites (N-methyl/N-ethyl adjacent to an activating group) is 2. The van der Waals surface area contributed by atoms with Crippen LogP contribution < -0.4 is 24.8 Å². The van der Waals surface area contributed by atoms with E-state index in [9.17, 15) is 0 Å². The standard InChI is InChI=1S/C31H39N7.2ClH.V/c1-5-35(6-2)20-22-37-28-18-11-9-14-24(28)33-30(37)26-16-13-17-27(32-26)31-34-25-15-10-12-19-29(25)38(31)23-21-36(7-3)8-4;;;/h9-19H,5-8,20-23H2,1-4H3;2*1H;/q;;;+2/p-2. The first-order valence-electron chi connectivity index (χ1n) is 14.0. The Morgan fingerprint density at radius 2 is 0.927 bits per heavy atom. The molecule has 0 saturated heterocycles. The third kappa shape index (κ3) is 7.53. The van der Waals surface area contributed by atoms with Crippen molar-refractivity contribution in [2.45, 2.75) is 40.8 Å². The third-order valence-electron chi connectivity index (χ3n) is 7.58. The molecule has 0 atom stereocenters. The number of hydrogen-bond acceptors (Lipinski definition) is 5. The first-order valence-corrected chi connectivity index (χ1v) is 14.0. The molecule has 0 saturated carbocycles. The van der Waals surface area contributed by atoms with Crippen molar-refractivity contribution in [3.63, 3.8) is 0 Å². The molecule has 0 spiro atoms. The number of halogens is 2. The van der Waals surface area contributed by atoms with Crippen LogP contribution >= 0.6 is 0 Å². The van der Waals surface area contributed by atoms with Crippen LogP contribution in [0.1, 0.15) is 27.7 Å². The minimum absolute atomic E-state index is 0. The normalized spacial score (nSPS) is 11.1. The molecule has 0 aliphatic rings. The molecule has 3 heterocycles. The van der Waals surface area contributed by atoms with Crippen LogP contribution in [0, 0.1) is 0 Å². The topological polar surface area (TPSA) is 55.0 Å². The van der Waals surface area contributed by atoms with E-state index >= 15 is 0 Å². The Morgan fingerprint density at radius 1 is 0.537 bits per heavy atom. The monoisotopic (exact) mass is 630 g/mol. The van der Waals surface area contributed by atoms with Gasteiger partial charge in [-0.3, -0.25) is 0 Å². The van der Waals surface area contributed by atoms with Crippen LogP contribution in [0.15, 0.2) is 66.7 Å². The van der Waals surface area contributed by atoms with Gasteiger partial charge in [-0.1, -0.05) is 58.0 Å². The number of pyridine rings is 1. The van der Waals surface area contributed by atoms with Crippen molar-refractivity contribution in [2.75, 3.05) is 39.3 Å². The number of benzene rings is 2. The predicted molar refractivity (Wildman–Crippen MR) is 157 cm³/mol. The van der Waals surface area contributed by atoms with Gasteiger partial charge in [-0.2, -0.15) is 0 Å². The van der Waals surface area contributed by atoms with Gasteiger partial charge in [-0.25, -0.2) is 15.0 Å². The molecule has 0 fully saturated rings. The Kier molecular flexibility index (Phi) is 13.8. The molecule has 0 aliphatic heterocycles. The predicted octanol–water partition coefficient (Wildman–Crippen LogP) is -0.196. The molecule has 10 heteroatoms. The molecular weight excluding hydrogens is 592 g/mol. The van der Waals surface area contributed by atoms with Crippen LogP contribution in [-0.4, -0.2) is 73.2 Å². The Bertz CT molecular complexity index is 1400. The maximum atomic E-state index is 5.17. The quantitative estimate of drug-likeness (QED) is 0.191. The van der Waals surface area contributed by atoms with E-state index in [1.807, 2.05) is 0 Å². The van der Waals surface area contributed by atoms with Crippen LogP contribution in [0.2, 0.25) is 0 Å². The van der Waals surface area contributed by atoms with Gasteiger partial charge in [0.1, 0.15) is 11.4 Å². The summed E-state index contributed by atoms with van der Waals surface area (Å²) >= 11 is 0. The van der Waals surface area contributed by atoms with E-state index in [0.29, 0.717) is 0 Å². The second-order valence-corrected chi connectivity index (χ2v) is 9.61. The molecule has 1 radical (unpaired) electrons. The van der Waals surface area contributed by atoms with E-state index in [1.54, 1.807) is 0 Å². The maximum absolute atomic E-state index is 5.17. The third-order valence-corrected chi connectivity index (χ3v) is 7.58. The number of nitrogens with zero attached hydrogens (tertiary/aromatic N) is 7. The summed E-state index contributed by atoms with van der Waals surface area (Å²) in [5, 5.41) is 0. The molecule has 0 bridgehead atoms. The molecule has 217 valence electrons. The van der Waals surface area contributed by atoms with Crippen LogP contribution in [0.3, 0.4) is 0 Å². The van der Waals surface area contributed by atoms with Crippen molar-refractivity contribution in [1.29, 1.82) is 0 Å². The zero-order valence-electron chi connectivity index (χ0n) is 24.3. The summed E-state index contributed by atoms with van der Waals surface area (Å²) < 4.78 is 4.65. The van der Waals surface area contributed by atoms with E-state index in [0.717, 1.165) is 97.5 Å². The van der Waals surface area contributed by atoms with Crippen LogP contribution in [-0.2, 0) is 31.6 Å². The van der Waals surface area contributed by atoms with Crippen LogP contribution in [0.4, 0.5) is 0 Å². The molecule has 2 aromatic carbocycles.